The number of hydrogen-bond donors (Lipinski definition) is 1. The van der Waals surface area contributed by atoms with Crippen LogP contribution in [0.3, 0.4) is 0 Å². The molecule has 1 amide bonds. The fourth-order valence-electron chi connectivity index (χ4n) is 3.07. The Morgan fingerprint density at radius 3 is 2.70 bits per heavy atom. The third-order valence-corrected chi connectivity index (χ3v) is 4.25. The van der Waals surface area contributed by atoms with Gasteiger partial charge >= 0.3 is 0 Å². The fraction of sp³-hybridized carbons (Fsp3) is 0.278. The van der Waals surface area contributed by atoms with Gasteiger partial charge in [-0.1, -0.05) is 30.3 Å². The Hall–Kier alpha value is -2.27. The average Bonchev–Trinajstić information content (AvgIpc) is 2.57. The largest absolute Gasteiger partial charge is 0.394 e. The molecule has 3 nitrogen and oxygen atoms in total. The lowest BCUT2D eigenvalue weighted by atomic mass is 9.92. The second kappa shape index (κ2) is 6.46. The van der Waals surface area contributed by atoms with Crippen molar-refractivity contribution in [2.75, 3.05) is 13.2 Å². The monoisotopic (exact) mass is 317 g/mol. The Balaban J connectivity index is 1.80. The number of fused-ring (bicyclic) bond motifs is 1. The highest BCUT2D eigenvalue weighted by molar-refractivity contribution is 5.79. The maximum Gasteiger partial charge on any atom is 0.227 e. The number of rotatable bonds is 3. The number of benzene rings is 2. The van der Waals surface area contributed by atoms with Crippen LogP contribution >= 0.6 is 0 Å². The molecule has 0 fully saturated rings. The van der Waals surface area contributed by atoms with Crippen LogP contribution < -0.4 is 0 Å². The molecular formula is C18H17F2NO2. The van der Waals surface area contributed by atoms with Gasteiger partial charge in [-0.2, -0.15) is 0 Å². The second-order valence-electron chi connectivity index (χ2n) is 5.66. The predicted octanol–water partition coefficient (Wildman–Crippen LogP) is 2.63. The van der Waals surface area contributed by atoms with Crippen molar-refractivity contribution < 1.29 is 18.7 Å². The normalized spacial score (nSPS) is 17.0. The van der Waals surface area contributed by atoms with Gasteiger partial charge in [0.2, 0.25) is 5.91 Å². The SMILES string of the molecule is O=C(Cc1ccc(F)c(F)c1)N1CCc2ccccc2[C@H]1CO. The molecule has 2 aromatic carbocycles. The first kappa shape index (κ1) is 15.6. The van der Waals surface area contributed by atoms with E-state index in [-0.39, 0.29) is 18.9 Å². The van der Waals surface area contributed by atoms with Gasteiger partial charge in [-0.25, -0.2) is 8.78 Å². The van der Waals surface area contributed by atoms with E-state index in [1.54, 1.807) is 4.90 Å². The highest BCUT2D eigenvalue weighted by atomic mass is 19.2. The summed E-state index contributed by atoms with van der Waals surface area (Å²) in [6.45, 7) is 0.339. The molecule has 3 rings (SSSR count). The first-order valence-corrected chi connectivity index (χ1v) is 7.52. The van der Waals surface area contributed by atoms with Crippen molar-refractivity contribution in [3.05, 3.63) is 70.8 Å². The number of amides is 1. The second-order valence-corrected chi connectivity index (χ2v) is 5.66. The molecular weight excluding hydrogens is 300 g/mol. The van der Waals surface area contributed by atoms with E-state index in [9.17, 15) is 18.7 Å². The summed E-state index contributed by atoms with van der Waals surface area (Å²) in [7, 11) is 0. The highest BCUT2D eigenvalue weighted by Gasteiger charge is 2.29. The number of halogens is 2. The number of carbonyl (C=O) groups excluding carboxylic acids is 1. The number of aliphatic hydroxyl groups excluding tert-OH is 1. The Kier molecular flexibility index (Phi) is 4.39. The molecule has 0 bridgehead atoms. The van der Waals surface area contributed by atoms with Crippen molar-refractivity contribution >= 4 is 5.91 Å². The van der Waals surface area contributed by atoms with Crippen molar-refractivity contribution in [1.29, 1.82) is 0 Å². The molecule has 5 heteroatoms. The molecule has 1 aliphatic rings. The molecule has 0 aromatic heterocycles. The van der Waals surface area contributed by atoms with E-state index < -0.39 is 17.7 Å². The maximum absolute atomic E-state index is 13.3. The van der Waals surface area contributed by atoms with Crippen LogP contribution in [0.1, 0.15) is 22.7 Å². The summed E-state index contributed by atoms with van der Waals surface area (Å²) < 4.78 is 26.2. The van der Waals surface area contributed by atoms with E-state index >= 15 is 0 Å². The van der Waals surface area contributed by atoms with E-state index in [1.807, 2.05) is 24.3 Å². The third kappa shape index (κ3) is 3.10. The summed E-state index contributed by atoms with van der Waals surface area (Å²) >= 11 is 0. The smallest absolute Gasteiger partial charge is 0.227 e. The molecule has 0 saturated heterocycles. The van der Waals surface area contributed by atoms with Gasteiger partial charge in [-0.05, 0) is 35.2 Å². The molecule has 0 saturated carbocycles. The zero-order valence-electron chi connectivity index (χ0n) is 12.5. The number of carbonyl (C=O) groups is 1. The molecule has 0 aliphatic carbocycles. The quantitative estimate of drug-likeness (QED) is 0.945. The number of hydrogen-bond acceptors (Lipinski definition) is 2. The van der Waals surface area contributed by atoms with Crippen LogP contribution in [0.5, 0.6) is 0 Å². The number of nitrogens with zero attached hydrogens (tertiary/aromatic N) is 1. The van der Waals surface area contributed by atoms with E-state index in [0.29, 0.717) is 12.1 Å². The summed E-state index contributed by atoms with van der Waals surface area (Å²) in [5, 5.41) is 9.70. The van der Waals surface area contributed by atoms with Crippen molar-refractivity contribution in [2.24, 2.45) is 0 Å². The van der Waals surface area contributed by atoms with Gasteiger partial charge in [-0.3, -0.25) is 4.79 Å². The molecule has 1 N–H and O–H groups in total. The fourth-order valence-corrected chi connectivity index (χ4v) is 3.07. The van der Waals surface area contributed by atoms with Crippen molar-refractivity contribution in [3.8, 4) is 0 Å². The van der Waals surface area contributed by atoms with Gasteiger partial charge in [0.25, 0.3) is 0 Å². The number of aliphatic hydroxyl groups is 1. The van der Waals surface area contributed by atoms with Gasteiger partial charge < -0.3 is 10.0 Å². The first-order chi connectivity index (χ1) is 11.1. The Labute approximate surface area is 133 Å². The molecule has 1 aliphatic heterocycles. The van der Waals surface area contributed by atoms with Gasteiger partial charge in [-0.15, -0.1) is 0 Å². The van der Waals surface area contributed by atoms with E-state index in [4.69, 9.17) is 0 Å². The Morgan fingerprint density at radius 1 is 1.17 bits per heavy atom. The van der Waals surface area contributed by atoms with Crippen LogP contribution in [-0.4, -0.2) is 29.1 Å². The minimum absolute atomic E-state index is 0.0180. The van der Waals surface area contributed by atoms with Crippen LogP contribution in [0.2, 0.25) is 0 Å². The van der Waals surface area contributed by atoms with Crippen LogP contribution in [0.25, 0.3) is 0 Å². The van der Waals surface area contributed by atoms with E-state index in [2.05, 4.69) is 0 Å². The summed E-state index contributed by atoms with van der Waals surface area (Å²) in [4.78, 5) is 14.2. The van der Waals surface area contributed by atoms with Crippen LogP contribution in [0.4, 0.5) is 8.78 Å². The third-order valence-electron chi connectivity index (χ3n) is 4.25. The summed E-state index contributed by atoms with van der Waals surface area (Å²) in [6, 6.07) is 10.8. The molecule has 2 aromatic rings. The molecule has 0 radical (unpaired) electrons. The summed E-state index contributed by atoms with van der Waals surface area (Å²) in [5.74, 6) is -2.09. The van der Waals surface area contributed by atoms with Gasteiger partial charge in [0.05, 0.1) is 19.1 Å². The van der Waals surface area contributed by atoms with Crippen LogP contribution in [-0.2, 0) is 17.6 Å². The van der Waals surface area contributed by atoms with Gasteiger partial charge in [0.1, 0.15) is 0 Å². The Bertz CT molecular complexity index is 733. The highest BCUT2D eigenvalue weighted by Crippen LogP contribution is 2.29. The lowest BCUT2D eigenvalue weighted by molar-refractivity contribution is -0.134. The minimum Gasteiger partial charge on any atom is -0.394 e. The minimum atomic E-state index is -0.960. The summed E-state index contributed by atoms with van der Waals surface area (Å²) in [5.41, 5.74) is 2.49. The van der Waals surface area contributed by atoms with Crippen molar-refractivity contribution in [1.82, 2.24) is 4.90 Å². The van der Waals surface area contributed by atoms with Crippen LogP contribution in [0.15, 0.2) is 42.5 Å². The van der Waals surface area contributed by atoms with E-state index in [0.717, 1.165) is 29.7 Å². The molecule has 0 spiro atoms. The average molecular weight is 317 g/mol. The lowest BCUT2D eigenvalue weighted by Crippen LogP contribution is -2.42. The summed E-state index contributed by atoms with van der Waals surface area (Å²) in [6.07, 6.45) is 0.700. The molecule has 120 valence electrons. The van der Waals surface area contributed by atoms with Crippen molar-refractivity contribution in [3.63, 3.8) is 0 Å². The van der Waals surface area contributed by atoms with Gasteiger partial charge in [0.15, 0.2) is 11.6 Å². The van der Waals surface area contributed by atoms with Crippen LogP contribution in [0, 0.1) is 11.6 Å². The Morgan fingerprint density at radius 2 is 1.96 bits per heavy atom. The standard InChI is InChI=1S/C18H17F2NO2/c19-15-6-5-12(9-16(15)20)10-18(23)21-8-7-13-3-1-2-4-14(13)17(21)11-22/h1-6,9,17,22H,7-8,10-11H2/t17-/m1/s1. The molecule has 23 heavy (non-hydrogen) atoms. The zero-order chi connectivity index (χ0) is 16.4. The molecule has 0 unspecified atom stereocenters. The zero-order valence-corrected chi connectivity index (χ0v) is 12.5. The van der Waals surface area contributed by atoms with Crippen molar-refractivity contribution in [2.45, 2.75) is 18.9 Å². The predicted molar refractivity (Wildman–Crippen MR) is 81.7 cm³/mol. The topological polar surface area (TPSA) is 40.5 Å². The van der Waals surface area contributed by atoms with Gasteiger partial charge in [0, 0.05) is 6.54 Å². The lowest BCUT2D eigenvalue weighted by Gasteiger charge is -2.36. The maximum atomic E-state index is 13.3. The molecule has 1 atom stereocenters. The first-order valence-electron chi connectivity index (χ1n) is 7.52. The van der Waals surface area contributed by atoms with E-state index in [1.165, 1.54) is 6.07 Å². The molecule has 1 heterocycles.